The maximum Gasteiger partial charge on any atom is 0.171 e. The molecular formula is C11H11BrN4O. The van der Waals surface area contributed by atoms with Crippen molar-refractivity contribution in [1.29, 1.82) is 0 Å². The minimum atomic E-state index is -0.0414. The van der Waals surface area contributed by atoms with Crippen molar-refractivity contribution in [3.8, 4) is 0 Å². The zero-order valence-electron chi connectivity index (χ0n) is 9.22. The Hall–Kier alpha value is -1.69. The second-order valence-corrected chi connectivity index (χ2v) is 4.49. The van der Waals surface area contributed by atoms with E-state index in [1.165, 1.54) is 6.33 Å². The van der Waals surface area contributed by atoms with Crippen LogP contribution in [-0.2, 0) is 13.5 Å². The molecule has 1 heterocycles. The van der Waals surface area contributed by atoms with Gasteiger partial charge in [-0.05, 0) is 18.2 Å². The fourth-order valence-corrected chi connectivity index (χ4v) is 1.94. The van der Waals surface area contributed by atoms with Crippen molar-refractivity contribution in [3.05, 3.63) is 40.4 Å². The summed E-state index contributed by atoms with van der Waals surface area (Å²) >= 11 is 3.33. The molecule has 2 rings (SSSR count). The highest BCUT2D eigenvalue weighted by atomic mass is 79.9. The highest BCUT2D eigenvalue weighted by Gasteiger charge is 2.13. The molecule has 17 heavy (non-hydrogen) atoms. The van der Waals surface area contributed by atoms with Gasteiger partial charge >= 0.3 is 0 Å². The molecule has 0 aliphatic carbocycles. The summed E-state index contributed by atoms with van der Waals surface area (Å²) in [5.41, 5.74) is 6.79. The van der Waals surface area contributed by atoms with Crippen LogP contribution in [0, 0.1) is 0 Å². The van der Waals surface area contributed by atoms with Crippen molar-refractivity contribution in [1.82, 2.24) is 14.8 Å². The summed E-state index contributed by atoms with van der Waals surface area (Å²) < 4.78 is 2.32. The average Bonchev–Trinajstić information content (AvgIpc) is 2.68. The summed E-state index contributed by atoms with van der Waals surface area (Å²) in [6.07, 6.45) is 1.63. The third-order valence-electron chi connectivity index (χ3n) is 2.41. The van der Waals surface area contributed by atoms with Crippen LogP contribution in [0.2, 0.25) is 0 Å². The summed E-state index contributed by atoms with van der Waals surface area (Å²) in [5, 5.41) is 3.92. The van der Waals surface area contributed by atoms with Gasteiger partial charge in [0.05, 0.1) is 6.42 Å². The summed E-state index contributed by atoms with van der Waals surface area (Å²) in [4.78, 5) is 16.1. The third kappa shape index (κ3) is 2.52. The summed E-state index contributed by atoms with van der Waals surface area (Å²) in [6, 6.07) is 5.16. The van der Waals surface area contributed by atoms with Crippen LogP contribution in [0.1, 0.15) is 16.2 Å². The number of nitrogens with two attached hydrogens (primary N) is 1. The molecule has 0 amide bonds. The van der Waals surface area contributed by atoms with Crippen molar-refractivity contribution in [2.24, 2.45) is 7.05 Å². The standard InChI is InChI=1S/C11H11BrN4O/c1-16-11(14-6-15-16)5-10(17)8-4-7(13)2-3-9(8)12/h2-4,6H,5,13H2,1H3. The average molecular weight is 295 g/mol. The molecule has 2 N–H and O–H groups in total. The van der Waals surface area contributed by atoms with Crippen LogP contribution >= 0.6 is 15.9 Å². The van der Waals surface area contributed by atoms with E-state index in [1.54, 1.807) is 29.9 Å². The van der Waals surface area contributed by atoms with Gasteiger partial charge in [0.2, 0.25) is 0 Å². The maximum atomic E-state index is 12.1. The monoisotopic (exact) mass is 294 g/mol. The van der Waals surface area contributed by atoms with Crippen LogP contribution in [0.4, 0.5) is 5.69 Å². The number of anilines is 1. The van der Waals surface area contributed by atoms with Crippen LogP contribution < -0.4 is 5.73 Å². The number of aromatic nitrogens is 3. The van der Waals surface area contributed by atoms with E-state index in [0.717, 1.165) is 4.47 Å². The molecule has 0 atom stereocenters. The van der Waals surface area contributed by atoms with Crippen LogP contribution in [0.15, 0.2) is 29.0 Å². The van der Waals surface area contributed by atoms with E-state index in [9.17, 15) is 4.79 Å². The van der Waals surface area contributed by atoms with Crippen molar-refractivity contribution in [3.63, 3.8) is 0 Å². The fourth-order valence-electron chi connectivity index (χ4n) is 1.48. The first kappa shape index (κ1) is 11.8. The Morgan fingerprint density at radius 3 is 2.94 bits per heavy atom. The molecule has 1 aromatic carbocycles. The second-order valence-electron chi connectivity index (χ2n) is 3.64. The number of ketones is 1. The predicted octanol–water partition coefficient (Wildman–Crippen LogP) is 1.59. The number of hydrogen-bond donors (Lipinski definition) is 1. The van der Waals surface area contributed by atoms with Crippen LogP contribution in [0.25, 0.3) is 0 Å². The number of Topliss-reactive ketones (excluding diaryl/α,β-unsaturated/α-hetero) is 1. The smallest absolute Gasteiger partial charge is 0.171 e. The van der Waals surface area contributed by atoms with E-state index >= 15 is 0 Å². The van der Waals surface area contributed by atoms with Gasteiger partial charge in [0.25, 0.3) is 0 Å². The van der Waals surface area contributed by atoms with Gasteiger partial charge in [-0.3, -0.25) is 9.48 Å². The summed E-state index contributed by atoms with van der Waals surface area (Å²) in [6.45, 7) is 0. The number of benzene rings is 1. The topological polar surface area (TPSA) is 73.8 Å². The predicted molar refractivity (Wildman–Crippen MR) is 67.6 cm³/mol. The van der Waals surface area contributed by atoms with E-state index in [1.807, 2.05) is 0 Å². The molecule has 0 aliphatic rings. The molecule has 0 bridgehead atoms. The molecule has 0 radical (unpaired) electrons. The number of hydrogen-bond acceptors (Lipinski definition) is 4. The van der Waals surface area contributed by atoms with Gasteiger partial charge < -0.3 is 5.73 Å². The van der Waals surface area contributed by atoms with Crippen LogP contribution in [-0.4, -0.2) is 20.5 Å². The van der Waals surface area contributed by atoms with Gasteiger partial charge in [-0.2, -0.15) is 5.10 Å². The number of halogens is 1. The number of carbonyl (C=O) groups excluding carboxylic acids is 1. The van der Waals surface area contributed by atoms with Gasteiger partial charge in [0.15, 0.2) is 5.78 Å². The number of nitrogens with zero attached hydrogens (tertiary/aromatic N) is 3. The molecule has 0 unspecified atom stereocenters. The van der Waals surface area contributed by atoms with Crippen LogP contribution in [0.5, 0.6) is 0 Å². The Morgan fingerprint density at radius 1 is 1.53 bits per heavy atom. The van der Waals surface area contributed by atoms with E-state index in [-0.39, 0.29) is 12.2 Å². The van der Waals surface area contributed by atoms with E-state index in [2.05, 4.69) is 26.0 Å². The number of carbonyl (C=O) groups is 1. The van der Waals surface area contributed by atoms with E-state index < -0.39 is 0 Å². The van der Waals surface area contributed by atoms with Crippen molar-refractivity contribution in [2.75, 3.05) is 5.73 Å². The Morgan fingerprint density at radius 2 is 2.29 bits per heavy atom. The molecule has 6 heteroatoms. The second kappa shape index (κ2) is 4.67. The van der Waals surface area contributed by atoms with E-state index in [4.69, 9.17) is 5.73 Å². The van der Waals surface area contributed by atoms with Crippen LogP contribution in [0.3, 0.4) is 0 Å². The molecule has 0 spiro atoms. The Bertz CT molecular complexity index is 564. The Kier molecular flexibility index (Phi) is 3.23. The first-order valence-corrected chi connectivity index (χ1v) is 5.78. The van der Waals surface area contributed by atoms with Gasteiger partial charge in [-0.1, -0.05) is 15.9 Å². The largest absolute Gasteiger partial charge is 0.399 e. The molecule has 88 valence electrons. The quantitative estimate of drug-likeness (QED) is 0.689. The van der Waals surface area contributed by atoms with Gasteiger partial charge in [-0.15, -0.1) is 0 Å². The zero-order chi connectivity index (χ0) is 12.4. The fraction of sp³-hybridized carbons (Fsp3) is 0.182. The Labute approximate surface area is 107 Å². The normalized spacial score (nSPS) is 10.5. The number of rotatable bonds is 3. The molecule has 0 aliphatic heterocycles. The van der Waals surface area contributed by atoms with Crippen molar-refractivity contribution in [2.45, 2.75) is 6.42 Å². The molecule has 0 fully saturated rings. The zero-order valence-corrected chi connectivity index (χ0v) is 10.8. The molecule has 1 aromatic heterocycles. The molecule has 5 nitrogen and oxygen atoms in total. The minimum absolute atomic E-state index is 0.0414. The van der Waals surface area contributed by atoms with Gasteiger partial charge in [-0.25, -0.2) is 4.98 Å². The van der Waals surface area contributed by atoms with Crippen molar-refractivity contribution < 1.29 is 4.79 Å². The van der Waals surface area contributed by atoms with Gasteiger partial charge in [0, 0.05) is 22.8 Å². The lowest BCUT2D eigenvalue weighted by molar-refractivity contribution is 0.0989. The lowest BCUT2D eigenvalue weighted by Gasteiger charge is -2.04. The lowest BCUT2D eigenvalue weighted by Crippen LogP contribution is -2.10. The van der Waals surface area contributed by atoms with Crippen molar-refractivity contribution >= 4 is 27.4 Å². The Balaban J connectivity index is 2.26. The summed E-state index contributed by atoms with van der Waals surface area (Å²) in [5.74, 6) is 0.588. The number of aryl methyl sites for hydroxylation is 1. The SMILES string of the molecule is Cn1ncnc1CC(=O)c1cc(N)ccc1Br. The molecule has 2 aromatic rings. The molecule has 0 saturated carbocycles. The maximum absolute atomic E-state index is 12.1. The molecular weight excluding hydrogens is 284 g/mol. The summed E-state index contributed by atoms with van der Waals surface area (Å²) in [7, 11) is 1.75. The first-order chi connectivity index (χ1) is 8.08. The highest BCUT2D eigenvalue weighted by Crippen LogP contribution is 2.21. The molecule has 0 saturated heterocycles. The first-order valence-electron chi connectivity index (χ1n) is 4.99. The number of nitrogen functional groups attached to an aromatic ring is 1. The highest BCUT2D eigenvalue weighted by molar-refractivity contribution is 9.10. The van der Waals surface area contributed by atoms with E-state index in [0.29, 0.717) is 17.1 Å². The third-order valence-corrected chi connectivity index (χ3v) is 3.11. The lowest BCUT2D eigenvalue weighted by atomic mass is 10.1. The van der Waals surface area contributed by atoms with Gasteiger partial charge in [0.1, 0.15) is 12.2 Å². The minimum Gasteiger partial charge on any atom is -0.399 e.